The third-order valence-corrected chi connectivity index (χ3v) is 5.56. The molecular formula is C17H24N2O5S. The van der Waals surface area contributed by atoms with Crippen LogP contribution in [0, 0.1) is 5.92 Å². The smallest absolute Gasteiger partial charge is 0.260 e. The number of carbonyl (C=O) groups excluding carboxylic acids is 1. The maximum Gasteiger partial charge on any atom is 0.260 e. The van der Waals surface area contributed by atoms with E-state index in [1.807, 2.05) is 30.3 Å². The molecule has 25 heavy (non-hydrogen) atoms. The summed E-state index contributed by atoms with van der Waals surface area (Å²) in [5, 5.41) is 0. The number of ether oxygens (including phenoxy) is 2. The molecule has 1 atom stereocenters. The highest BCUT2D eigenvalue weighted by atomic mass is 32.2. The molecule has 2 aliphatic heterocycles. The number of nitrogens with zero attached hydrogens (tertiary/aromatic N) is 1. The van der Waals surface area contributed by atoms with E-state index >= 15 is 0 Å². The molecule has 0 aliphatic carbocycles. The highest BCUT2D eigenvalue weighted by Crippen LogP contribution is 2.41. The maximum atomic E-state index is 12.2. The van der Waals surface area contributed by atoms with Crippen LogP contribution in [0.3, 0.4) is 0 Å². The maximum absolute atomic E-state index is 12.2. The summed E-state index contributed by atoms with van der Waals surface area (Å²) in [6.07, 6.45) is 2.77. The lowest BCUT2D eigenvalue weighted by Gasteiger charge is -2.50. The first-order valence-electron chi connectivity index (χ1n) is 8.42. The molecule has 3 rings (SSSR count). The summed E-state index contributed by atoms with van der Waals surface area (Å²) in [5.74, 6) is 0.881. The zero-order chi connectivity index (χ0) is 17.9. The van der Waals surface area contributed by atoms with Crippen LogP contribution in [0.25, 0.3) is 0 Å². The van der Waals surface area contributed by atoms with E-state index in [9.17, 15) is 13.2 Å². The van der Waals surface area contributed by atoms with Gasteiger partial charge in [-0.15, -0.1) is 0 Å². The van der Waals surface area contributed by atoms with Gasteiger partial charge in [0.15, 0.2) is 6.61 Å². The van der Waals surface area contributed by atoms with E-state index in [0.29, 0.717) is 32.0 Å². The Kier molecular flexibility index (Phi) is 5.31. The van der Waals surface area contributed by atoms with E-state index in [2.05, 4.69) is 4.72 Å². The number of carbonyl (C=O) groups is 1. The standard InChI is InChI=1S/C17H24N2O5S/c1-25(21,22)18-9-7-14-8-10-24-17(14)12-19(13-17)16(20)11-23-15-5-3-2-4-6-15/h2-6,14,18H,7-13H2,1H3. The van der Waals surface area contributed by atoms with Gasteiger partial charge in [0, 0.05) is 13.2 Å². The lowest BCUT2D eigenvalue weighted by Crippen LogP contribution is -2.66. The van der Waals surface area contributed by atoms with Crippen molar-refractivity contribution < 1.29 is 22.7 Å². The second kappa shape index (κ2) is 7.31. The first kappa shape index (κ1) is 18.2. The number of para-hydroxylation sites is 1. The minimum absolute atomic E-state index is 0.0143. The summed E-state index contributed by atoms with van der Waals surface area (Å²) in [7, 11) is -3.17. The van der Waals surface area contributed by atoms with Crippen LogP contribution in [0.5, 0.6) is 5.75 Å². The van der Waals surface area contributed by atoms with E-state index in [4.69, 9.17) is 9.47 Å². The van der Waals surface area contributed by atoms with Crippen LogP contribution in [-0.2, 0) is 19.6 Å². The number of hydrogen-bond donors (Lipinski definition) is 1. The first-order valence-corrected chi connectivity index (χ1v) is 10.3. The van der Waals surface area contributed by atoms with Crippen LogP contribution >= 0.6 is 0 Å². The van der Waals surface area contributed by atoms with Gasteiger partial charge in [-0.05, 0) is 30.9 Å². The van der Waals surface area contributed by atoms with Gasteiger partial charge in [-0.3, -0.25) is 4.79 Å². The summed E-state index contributed by atoms with van der Waals surface area (Å²) in [6, 6.07) is 9.25. The molecule has 0 bridgehead atoms. The molecule has 1 amide bonds. The van der Waals surface area contributed by atoms with Gasteiger partial charge in [-0.1, -0.05) is 18.2 Å². The second-order valence-electron chi connectivity index (χ2n) is 6.71. The van der Waals surface area contributed by atoms with Crippen molar-refractivity contribution in [1.29, 1.82) is 0 Å². The monoisotopic (exact) mass is 368 g/mol. The van der Waals surface area contributed by atoms with E-state index in [1.165, 1.54) is 0 Å². The van der Waals surface area contributed by atoms with Crippen LogP contribution < -0.4 is 9.46 Å². The Morgan fingerprint density at radius 2 is 2.08 bits per heavy atom. The van der Waals surface area contributed by atoms with E-state index < -0.39 is 10.0 Å². The minimum Gasteiger partial charge on any atom is -0.484 e. The lowest BCUT2D eigenvalue weighted by molar-refractivity contribution is -0.167. The first-order chi connectivity index (χ1) is 11.9. The van der Waals surface area contributed by atoms with Gasteiger partial charge in [0.25, 0.3) is 5.91 Å². The van der Waals surface area contributed by atoms with Crippen molar-refractivity contribution in [2.24, 2.45) is 5.92 Å². The normalized spacial score (nSPS) is 22.0. The Balaban J connectivity index is 1.45. The predicted molar refractivity (Wildman–Crippen MR) is 92.8 cm³/mol. The number of benzene rings is 1. The van der Waals surface area contributed by atoms with Gasteiger partial charge in [0.2, 0.25) is 10.0 Å². The molecular weight excluding hydrogens is 344 g/mol. The minimum atomic E-state index is -3.17. The molecule has 1 N–H and O–H groups in total. The molecule has 2 fully saturated rings. The van der Waals surface area contributed by atoms with Crippen molar-refractivity contribution in [3.05, 3.63) is 30.3 Å². The number of likely N-dealkylation sites (tertiary alicyclic amines) is 1. The zero-order valence-corrected chi connectivity index (χ0v) is 15.1. The molecule has 2 heterocycles. The SMILES string of the molecule is CS(=O)(=O)NCCC1CCOC12CN(C(=O)COc1ccccc1)C2. The molecule has 0 radical (unpaired) electrons. The number of amides is 1. The van der Waals surface area contributed by atoms with Crippen molar-refractivity contribution in [3.8, 4) is 5.75 Å². The van der Waals surface area contributed by atoms with Gasteiger partial charge in [0.05, 0.1) is 19.3 Å². The molecule has 7 nitrogen and oxygen atoms in total. The molecule has 1 spiro atoms. The Bertz CT molecular complexity index is 701. The van der Waals surface area contributed by atoms with Gasteiger partial charge < -0.3 is 14.4 Å². The number of sulfonamides is 1. The van der Waals surface area contributed by atoms with Crippen LogP contribution in [0.4, 0.5) is 0 Å². The van der Waals surface area contributed by atoms with Crippen molar-refractivity contribution in [2.45, 2.75) is 18.4 Å². The fourth-order valence-electron chi connectivity index (χ4n) is 3.49. The van der Waals surface area contributed by atoms with E-state index in [-0.39, 0.29) is 24.0 Å². The third-order valence-electron chi connectivity index (χ3n) is 4.83. The highest BCUT2D eigenvalue weighted by molar-refractivity contribution is 7.88. The van der Waals surface area contributed by atoms with Crippen molar-refractivity contribution in [2.75, 3.05) is 39.1 Å². The topological polar surface area (TPSA) is 84.9 Å². The number of hydrogen-bond acceptors (Lipinski definition) is 5. The molecule has 0 aromatic heterocycles. The van der Waals surface area contributed by atoms with Gasteiger partial charge in [-0.2, -0.15) is 0 Å². The fourth-order valence-corrected chi connectivity index (χ4v) is 3.98. The van der Waals surface area contributed by atoms with Crippen LogP contribution in [0.2, 0.25) is 0 Å². The summed E-state index contributed by atoms with van der Waals surface area (Å²) in [4.78, 5) is 14.0. The van der Waals surface area contributed by atoms with E-state index in [0.717, 1.165) is 19.1 Å². The van der Waals surface area contributed by atoms with Crippen molar-refractivity contribution in [1.82, 2.24) is 9.62 Å². The summed E-state index contributed by atoms with van der Waals surface area (Å²) in [5.41, 5.74) is -0.318. The van der Waals surface area contributed by atoms with Crippen LogP contribution in [-0.4, -0.2) is 63.9 Å². The molecule has 2 aliphatic rings. The molecule has 2 saturated heterocycles. The van der Waals surface area contributed by atoms with Crippen LogP contribution in [0.1, 0.15) is 12.8 Å². The summed E-state index contributed by atoms with van der Waals surface area (Å²) in [6.45, 7) is 2.17. The number of nitrogens with one attached hydrogen (secondary N) is 1. The fraction of sp³-hybridized carbons (Fsp3) is 0.588. The zero-order valence-electron chi connectivity index (χ0n) is 14.3. The average molecular weight is 368 g/mol. The largest absolute Gasteiger partial charge is 0.484 e. The van der Waals surface area contributed by atoms with Crippen molar-refractivity contribution in [3.63, 3.8) is 0 Å². The lowest BCUT2D eigenvalue weighted by atomic mass is 9.79. The molecule has 0 saturated carbocycles. The molecule has 1 aromatic rings. The van der Waals surface area contributed by atoms with Gasteiger partial charge in [0.1, 0.15) is 11.4 Å². The summed E-state index contributed by atoms with van der Waals surface area (Å²) >= 11 is 0. The molecule has 8 heteroatoms. The Hall–Kier alpha value is -1.64. The third kappa shape index (κ3) is 4.50. The van der Waals surface area contributed by atoms with Gasteiger partial charge >= 0.3 is 0 Å². The Morgan fingerprint density at radius 3 is 2.76 bits per heavy atom. The van der Waals surface area contributed by atoms with Crippen LogP contribution in [0.15, 0.2) is 30.3 Å². The Labute approximate surface area is 148 Å². The van der Waals surface area contributed by atoms with Crippen molar-refractivity contribution >= 4 is 15.9 Å². The quantitative estimate of drug-likeness (QED) is 0.763. The Morgan fingerprint density at radius 1 is 1.36 bits per heavy atom. The molecule has 1 aromatic carbocycles. The molecule has 138 valence electrons. The molecule has 1 unspecified atom stereocenters. The van der Waals surface area contributed by atoms with E-state index in [1.54, 1.807) is 4.90 Å². The number of rotatable bonds is 7. The van der Waals surface area contributed by atoms with Gasteiger partial charge in [-0.25, -0.2) is 13.1 Å². The predicted octanol–water partition coefficient (Wildman–Crippen LogP) is 0.622. The average Bonchev–Trinajstić information content (AvgIpc) is 2.95. The highest BCUT2D eigenvalue weighted by Gasteiger charge is 2.54. The summed E-state index contributed by atoms with van der Waals surface area (Å²) < 4.78 is 36.3. The second-order valence-corrected chi connectivity index (χ2v) is 8.54.